The van der Waals surface area contributed by atoms with E-state index in [2.05, 4.69) is 47.8 Å². The fraction of sp³-hybridized carbons (Fsp3) is 0.450. The van der Waals surface area contributed by atoms with E-state index in [0.717, 1.165) is 19.3 Å². The van der Waals surface area contributed by atoms with Crippen LogP contribution in [0.3, 0.4) is 0 Å². The average molecular weight is 308 g/mol. The van der Waals surface area contributed by atoms with Gasteiger partial charge in [-0.15, -0.1) is 0 Å². The van der Waals surface area contributed by atoms with Gasteiger partial charge in [0.2, 0.25) is 5.91 Å². The SMILES string of the molecule is NCC1(NC(=O)C2CC2c2ccc3ccccc3c2)CCCC1. The van der Waals surface area contributed by atoms with Crippen molar-refractivity contribution >= 4 is 16.7 Å². The fourth-order valence-electron chi connectivity index (χ4n) is 4.08. The van der Waals surface area contributed by atoms with Crippen LogP contribution in [-0.4, -0.2) is 18.0 Å². The van der Waals surface area contributed by atoms with Crippen LogP contribution in [0, 0.1) is 5.92 Å². The average Bonchev–Trinajstić information content (AvgIpc) is 3.27. The standard InChI is InChI=1S/C20H24N2O/c21-13-20(9-3-4-10-20)22-19(23)18-12-17(18)16-8-7-14-5-1-2-6-15(14)11-16/h1-2,5-8,11,17-18H,3-4,9-10,12-13,21H2,(H,22,23). The number of nitrogens with two attached hydrogens (primary N) is 1. The molecule has 2 aromatic carbocycles. The largest absolute Gasteiger partial charge is 0.349 e. The van der Waals surface area contributed by atoms with Gasteiger partial charge in [0, 0.05) is 12.5 Å². The molecule has 2 aliphatic carbocycles. The first-order chi connectivity index (χ1) is 11.2. The lowest BCUT2D eigenvalue weighted by molar-refractivity contribution is -0.124. The van der Waals surface area contributed by atoms with E-state index in [1.807, 2.05) is 0 Å². The monoisotopic (exact) mass is 308 g/mol. The zero-order valence-electron chi connectivity index (χ0n) is 13.4. The van der Waals surface area contributed by atoms with Crippen molar-refractivity contribution in [1.29, 1.82) is 0 Å². The van der Waals surface area contributed by atoms with Crippen LogP contribution in [0.1, 0.15) is 43.6 Å². The molecule has 0 aromatic heterocycles. The summed E-state index contributed by atoms with van der Waals surface area (Å²) in [7, 11) is 0. The summed E-state index contributed by atoms with van der Waals surface area (Å²) in [5.41, 5.74) is 7.09. The number of fused-ring (bicyclic) bond motifs is 1. The van der Waals surface area contributed by atoms with Crippen molar-refractivity contribution < 1.29 is 4.79 Å². The Hall–Kier alpha value is -1.87. The van der Waals surface area contributed by atoms with Crippen molar-refractivity contribution in [2.24, 2.45) is 11.7 Å². The number of hydrogen-bond acceptors (Lipinski definition) is 2. The number of hydrogen-bond donors (Lipinski definition) is 2. The van der Waals surface area contributed by atoms with Crippen molar-refractivity contribution in [3.63, 3.8) is 0 Å². The van der Waals surface area contributed by atoms with Crippen LogP contribution in [0.15, 0.2) is 42.5 Å². The first kappa shape index (κ1) is 14.7. The van der Waals surface area contributed by atoms with E-state index < -0.39 is 0 Å². The number of amides is 1. The molecule has 2 aromatic rings. The van der Waals surface area contributed by atoms with Crippen LogP contribution in [0.5, 0.6) is 0 Å². The van der Waals surface area contributed by atoms with Crippen LogP contribution in [0.4, 0.5) is 0 Å². The molecule has 2 unspecified atom stereocenters. The summed E-state index contributed by atoms with van der Waals surface area (Å²) < 4.78 is 0. The molecule has 2 fully saturated rings. The third-order valence-electron chi connectivity index (χ3n) is 5.67. The molecule has 0 bridgehead atoms. The molecule has 0 aliphatic heterocycles. The van der Waals surface area contributed by atoms with Crippen LogP contribution in [0.25, 0.3) is 10.8 Å². The first-order valence-corrected chi connectivity index (χ1v) is 8.72. The highest BCUT2D eigenvalue weighted by Gasteiger charge is 2.46. The zero-order chi connectivity index (χ0) is 15.9. The first-order valence-electron chi connectivity index (χ1n) is 8.72. The summed E-state index contributed by atoms with van der Waals surface area (Å²) >= 11 is 0. The quantitative estimate of drug-likeness (QED) is 0.910. The maximum absolute atomic E-state index is 12.6. The molecule has 3 nitrogen and oxygen atoms in total. The van der Waals surface area contributed by atoms with Gasteiger partial charge in [-0.1, -0.05) is 55.3 Å². The Kier molecular flexibility index (Phi) is 3.61. The summed E-state index contributed by atoms with van der Waals surface area (Å²) in [6.07, 6.45) is 5.38. The maximum atomic E-state index is 12.6. The van der Waals surface area contributed by atoms with E-state index in [1.54, 1.807) is 0 Å². The highest BCUT2D eigenvalue weighted by molar-refractivity contribution is 5.86. The Morgan fingerprint density at radius 3 is 2.61 bits per heavy atom. The normalized spacial score (nSPS) is 25.4. The summed E-state index contributed by atoms with van der Waals surface area (Å²) in [6.45, 7) is 0.562. The van der Waals surface area contributed by atoms with Gasteiger partial charge in [-0.3, -0.25) is 4.79 Å². The summed E-state index contributed by atoms with van der Waals surface area (Å²) in [5.74, 6) is 0.700. The molecule has 0 spiro atoms. The van der Waals surface area contributed by atoms with Gasteiger partial charge in [-0.05, 0) is 41.5 Å². The molecule has 2 saturated carbocycles. The molecular formula is C20H24N2O. The van der Waals surface area contributed by atoms with Crippen molar-refractivity contribution in [2.45, 2.75) is 43.6 Å². The molecule has 2 atom stereocenters. The second kappa shape index (κ2) is 5.64. The minimum Gasteiger partial charge on any atom is -0.349 e. The molecule has 2 aliphatic rings. The van der Waals surface area contributed by atoms with Crippen LogP contribution < -0.4 is 11.1 Å². The lowest BCUT2D eigenvalue weighted by atomic mass is 9.97. The lowest BCUT2D eigenvalue weighted by Crippen LogP contribution is -2.52. The summed E-state index contributed by atoms with van der Waals surface area (Å²) in [4.78, 5) is 12.6. The van der Waals surface area contributed by atoms with E-state index in [1.165, 1.54) is 29.2 Å². The molecule has 120 valence electrons. The Labute approximate surface area is 137 Å². The van der Waals surface area contributed by atoms with E-state index in [-0.39, 0.29) is 17.4 Å². The minimum atomic E-state index is -0.131. The van der Waals surface area contributed by atoms with Gasteiger partial charge in [0.25, 0.3) is 0 Å². The van der Waals surface area contributed by atoms with Gasteiger partial charge in [-0.25, -0.2) is 0 Å². The summed E-state index contributed by atoms with van der Waals surface area (Å²) in [6, 6.07) is 15.0. The van der Waals surface area contributed by atoms with Gasteiger partial charge in [-0.2, -0.15) is 0 Å². The van der Waals surface area contributed by atoms with Gasteiger partial charge < -0.3 is 11.1 Å². The molecule has 0 heterocycles. The molecule has 23 heavy (non-hydrogen) atoms. The fourth-order valence-corrected chi connectivity index (χ4v) is 4.08. The lowest BCUT2D eigenvalue weighted by Gasteiger charge is -2.28. The van der Waals surface area contributed by atoms with Gasteiger partial charge >= 0.3 is 0 Å². The number of nitrogens with one attached hydrogen (secondary N) is 1. The van der Waals surface area contributed by atoms with Crippen molar-refractivity contribution in [3.05, 3.63) is 48.0 Å². The van der Waals surface area contributed by atoms with E-state index >= 15 is 0 Å². The van der Waals surface area contributed by atoms with Gasteiger partial charge in [0.1, 0.15) is 0 Å². The second-order valence-corrected chi connectivity index (χ2v) is 7.24. The van der Waals surface area contributed by atoms with Crippen LogP contribution >= 0.6 is 0 Å². The van der Waals surface area contributed by atoms with Crippen molar-refractivity contribution in [1.82, 2.24) is 5.32 Å². The Balaban J connectivity index is 1.47. The second-order valence-electron chi connectivity index (χ2n) is 7.24. The zero-order valence-corrected chi connectivity index (χ0v) is 13.4. The number of benzene rings is 2. The van der Waals surface area contributed by atoms with Gasteiger partial charge in [0.15, 0.2) is 0 Å². The maximum Gasteiger partial charge on any atom is 0.224 e. The minimum absolute atomic E-state index is 0.125. The predicted molar refractivity (Wildman–Crippen MR) is 93.2 cm³/mol. The van der Waals surface area contributed by atoms with E-state index in [9.17, 15) is 4.79 Å². The van der Waals surface area contributed by atoms with Crippen molar-refractivity contribution in [3.8, 4) is 0 Å². The predicted octanol–water partition coefficient (Wildman–Crippen LogP) is 3.33. The molecule has 3 N–H and O–H groups in total. The molecule has 4 rings (SSSR count). The third-order valence-corrected chi connectivity index (χ3v) is 5.67. The van der Waals surface area contributed by atoms with Crippen LogP contribution in [0.2, 0.25) is 0 Å². The Bertz CT molecular complexity index is 733. The van der Waals surface area contributed by atoms with Crippen LogP contribution in [-0.2, 0) is 4.79 Å². The Morgan fingerprint density at radius 2 is 1.87 bits per heavy atom. The topological polar surface area (TPSA) is 55.1 Å². The molecule has 0 radical (unpaired) electrons. The highest BCUT2D eigenvalue weighted by Crippen LogP contribution is 2.48. The number of carbonyl (C=O) groups is 1. The highest BCUT2D eigenvalue weighted by atomic mass is 16.2. The van der Waals surface area contributed by atoms with Crippen molar-refractivity contribution in [2.75, 3.05) is 6.54 Å². The number of rotatable bonds is 4. The molecular weight excluding hydrogens is 284 g/mol. The summed E-state index contributed by atoms with van der Waals surface area (Å²) in [5, 5.41) is 5.79. The van der Waals surface area contributed by atoms with E-state index in [4.69, 9.17) is 5.73 Å². The van der Waals surface area contributed by atoms with Gasteiger partial charge in [0.05, 0.1) is 5.54 Å². The molecule has 1 amide bonds. The number of carbonyl (C=O) groups excluding carboxylic acids is 1. The molecule has 0 saturated heterocycles. The van der Waals surface area contributed by atoms with E-state index in [0.29, 0.717) is 12.5 Å². The third kappa shape index (κ3) is 2.74. The smallest absolute Gasteiger partial charge is 0.224 e. The Morgan fingerprint density at radius 1 is 1.13 bits per heavy atom. The molecule has 3 heteroatoms.